The molecule has 49 heavy (non-hydrogen) atoms. The van der Waals surface area contributed by atoms with E-state index in [9.17, 15) is 41.0 Å². The van der Waals surface area contributed by atoms with Gasteiger partial charge < -0.3 is 13.8 Å². The van der Waals surface area contributed by atoms with Crippen LogP contribution in [0.3, 0.4) is 0 Å². The van der Waals surface area contributed by atoms with Crippen molar-refractivity contribution in [2.24, 2.45) is 0 Å². The number of nitrogens with one attached hydrogen (secondary N) is 1. The zero-order valence-electron chi connectivity index (χ0n) is 27.1. The Hall–Kier alpha value is -5.24. The van der Waals surface area contributed by atoms with Crippen molar-refractivity contribution in [3.8, 4) is 6.07 Å². The van der Waals surface area contributed by atoms with Crippen molar-refractivity contribution in [1.29, 1.82) is 5.26 Å². The van der Waals surface area contributed by atoms with Crippen molar-refractivity contribution in [2.45, 2.75) is 30.5 Å². The van der Waals surface area contributed by atoms with Crippen LogP contribution in [0.1, 0.15) is 35.2 Å². The predicted octanol–water partition coefficient (Wildman–Crippen LogP) is 4.49. The highest BCUT2D eigenvalue weighted by Crippen LogP contribution is 2.43. The minimum Gasteiger partial charge on any atom is -0.744 e. The van der Waals surface area contributed by atoms with E-state index in [-0.39, 0.29) is 27.8 Å². The Kier molecular flexibility index (Phi) is 10.5. The number of carbonyl (C=O) groups is 1. The number of methoxy groups -OCH3 is 1. The second kappa shape index (κ2) is 14.1. The SMILES string of the molecule is COC(=O)C1=C(C)N(c2cccc(C(F)(F)F)c2)c2n[nH]c(=O)n2[C@@H]1c1ccc(C#N)cc1CC[N+](C)(C)C.O=S(=O)([O-])c1ccccc1. The van der Waals surface area contributed by atoms with Crippen LogP contribution in [0.2, 0.25) is 0 Å². The van der Waals surface area contributed by atoms with Gasteiger partial charge in [-0.1, -0.05) is 30.3 Å². The lowest BCUT2D eigenvalue weighted by Crippen LogP contribution is -2.39. The second-order valence-corrected chi connectivity index (χ2v) is 13.4. The van der Waals surface area contributed by atoms with Crippen LogP contribution in [0.25, 0.3) is 0 Å². The molecule has 0 saturated carbocycles. The first-order valence-electron chi connectivity index (χ1n) is 14.6. The molecule has 4 aromatic rings. The predicted molar refractivity (Wildman–Crippen MR) is 171 cm³/mol. The summed E-state index contributed by atoms with van der Waals surface area (Å²) < 4.78 is 78.4. The van der Waals surface area contributed by atoms with Gasteiger partial charge in [0, 0.05) is 17.8 Å². The fraction of sp³-hybridized carbons (Fsp3) is 0.273. The maximum atomic E-state index is 13.5. The number of fused-ring (bicyclic) bond motifs is 1. The number of hydrogen-bond acceptors (Lipinski definition) is 9. The fourth-order valence-corrected chi connectivity index (χ4v) is 5.77. The number of aromatic amines is 1. The van der Waals surface area contributed by atoms with Gasteiger partial charge in [-0.15, -0.1) is 5.10 Å². The lowest BCUT2D eigenvalue weighted by Gasteiger charge is -2.36. The maximum absolute atomic E-state index is 13.5. The highest BCUT2D eigenvalue weighted by molar-refractivity contribution is 7.85. The molecule has 3 aromatic carbocycles. The largest absolute Gasteiger partial charge is 0.744 e. The Morgan fingerprint density at radius 1 is 1.08 bits per heavy atom. The Morgan fingerprint density at radius 3 is 2.31 bits per heavy atom. The summed E-state index contributed by atoms with van der Waals surface area (Å²) >= 11 is 0. The number of esters is 1. The van der Waals surface area contributed by atoms with Crippen LogP contribution >= 0.6 is 0 Å². The molecular weight excluding hydrogens is 665 g/mol. The molecule has 16 heteroatoms. The number of H-pyrrole nitrogens is 1. The first kappa shape index (κ1) is 36.6. The summed E-state index contributed by atoms with van der Waals surface area (Å²) in [7, 11) is 2.99. The normalized spacial score (nSPS) is 14.8. The zero-order valence-corrected chi connectivity index (χ0v) is 28.0. The molecule has 12 nitrogen and oxygen atoms in total. The number of halogens is 3. The van der Waals surface area contributed by atoms with Crippen LogP contribution in [0, 0.1) is 11.3 Å². The van der Waals surface area contributed by atoms with Gasteiger partial charge in [-0.05, 0) is 60.5 Å². The number of aromatic nitrogens is 3. The lowest BCUT2D eigenvalue weighted by molar-refractivity contribution is -0.870. The van der Waals surface area contributed by atoms with Crippen molar-refractivity contribution in [3.05, 3.63) is 117 Å². The van der Waals surface area contributed by atoms with Gasteiger partial charge in [0.15, 0.2) is 0 Å². The smallest absolute Gasteiger partial charge is 0.416 e. The molecule has 0 aliphatic carbocycles. The van der Waals surface area contributed by atoms with E-state index in [2.05, 4.69) is 16.3 Å². The number of likely N-dealkylation sites (N-methyl/N-ethyl adjacent to an activating group) is 1. The van der Waals surface area contributed by atoms with Crippen molar-refractivity contribution in [2.75, 3.05) is 39.7 Å². The molecule has 1 aliphatic rings. The molecule has 2 heterocycles. The zero-order chi connectivity index (χ0) is 36.3. The molecule has 1 aliphatic heterocycles. The first-order valence-corrected chi connectivity index (χ1v) is 16.1. The molecule has 1 N–H and O–H groups in total. The third-order valence-corrected chi connectivity index (χ3v) is 8.48. The number of rotatable bonds is 7. The van der Waals surface area contributed by atoms with Crippen molar-refractivity contribution >= 4 is 27.7 Å². The lowest BCUT2D eigenvalue weighted by atomic mass is 9.89. The summed E-state index contributed by atoms with van der Waals surface area (Å²) in [6.07, 6.45) is -4.08. The maximum Gasteiger partial charge on any atom is 0.416 e. The average molecular weight is 699 g/mol. The van der Waals surface area contributed by atoms with Gasteiger partial charge in [-0.25, -0.2) is 27.7 Å². The highest BCUT2D eigenvalue weighted by Gasteiger charge is 2.41. The van der Waals surface area contributed by atoms with Gasteiger partial charge in [0.05, 0.1) is 62.5 Å². The number of hydrogen-bond donors (Lipinski definition) is 1. The summed E-state index contributed by atoms with van der Waals surface area (Å²) in [5, 5.41) is 16.0. The standard InChI is InChI=1S/C27H27F3N6O3.C6H6O3S/c1-16-22(24(37)39-5)23(21-10-9-17(15-31)13-18(21)11-12-36(2,3)4)35-25(32-33-26(35)38)34(16)20-8-6-7-19(14-20)27(28,29)30;7-10(8,9)6-4-2-1-3-5-6/h6-10,13-14,23H,11-12H2,1-5H3;1-5H,(H,7,8,9)/t23-;/m1./s1. The first-order chi connectivity index (χ1) is 22.9. The summed E-state index contributed by atoms with van der Waals surface area (Å²) in [5.41, 5.74) is 0.547. The fourth-order valence-electron chi connectivity index (χ4n) is 5.28. The molecule has 0 amide bonds. The van der Waals surface area contributed by atoms with Crippen LogP contribution in [-0.4, -0.2) is 73.0 Å². The van der Waals surface area contributed by atoms with Gasteiger partial charge in [0.1, 0.15) is 16.2 Å². The summed E-state index contributed by atoms with van der Waals surface area (Å²) in [6.45, 7) is 2.26. The number of carbonyl (C=O) groups excluding carboxylic acids is 1. The number of benzene rings is 3. The number of alkyl halides is 3. The molecule has 258 valence electrons. The van der Waals surface area contributed by atoms with Gasteiger partial charge in [0.2, 0.25) is 5.95 Å². The average Bonchev–Trinajstić information content (AvgIpc) is 3.42. The van der Waals surface area contributed by atoms with Crippen molar-refractivity contribution < 1.29 is 40.2 Å². The Balaban J connectivity index is 0.000000463. The van der Waals surface area contributed by atoms with E-state index in [4.69, 9.17) is 4.74 Å². The molecule has 0 unspecified atom stereocenters. The molecule has 0 bridgehead atoms. The monoisotopic (exact) mass is 698 g/mol. The number of allylic oxidation sites excluding steroid dienone is 1. The molecule has 1 atom stereocenters. The Labute approximate surface area is 280 Å². The molecule has 1 aromatic heterocycles. The quantitative estimate of drug-likeness (QED) is 0.167. The van der Waals surface area contributed by atoms with Gasteiger partial charge >= 0.3 is 17.8 Å². The minimum absolute atomic E-state index is 0.0105. The number of nitriles is 1. The topological polar surface area (TPSA) is 161 Å². The number of nitrogens with zero attached hydrogens (tertiary/aromatic N) is 5. The van der Waals surface area contributed by atoms with E-state index in [1.807, 2.05) is 21.1 Å². The van der Waals surface area contributed by atoms with Crippen LogP contribution in [0.4, 0.5) is 24.8 Å². The van der Waals surface area contributed by atoms with Gasteiger partial charge in [-0.3, -0.25) is 4.90 Å². The Morgan fingerprint density at radius 2 is 1.76 bits per heavy atom. The molecule has 0 fully saturated rings. The molecule has 0 radical (unpaired) electrons. The highest BCUT2D eigenvalue weighted by atomic mass is 32.2. The molecular formula is C33H33F3N6O6S. The van der Waals surface area contributed by atoms with Gasteiger partial charge in [0.25, 0.3) is 0 Å². The van der Waals surface area contributed by atoms with Crippen molar-refractivity contribution in [3.63, 3.8) is 0 Å². The summed E-state index contributed by atoms with van der Waals surface area (Å²) in [5.74, 6) is -0.744. The van der Waals surface area contributed by atoms with E-state index in [1.165, 1.54) is 53.0 Å². The molecule has 5 rings (SSSR count). The van der Waals surface area contributed by atoms with Crippen LogP contribution in [0.5, 0.6) is 0 Å². The van der Waals surface area contributed by atoms with Crippen LogP contribution in [0.15, 0.2) is 93.8 Å². The third kappa shape index (κ3) is 8.26. The third-order valence-electron chi connectivity index (χ3n) is 7.63. The second-order valence-electron chi connectivity index (χ2n) is 12.0. The number of anilines is 2. The minimum atomic E-state index is -4.61. The van der Waals surface area contributed by atoms with E-state index in [0.717, 1.165) is 17.7 Å². The van der Waals surface area contributed by atoms with Crippen molar-refractivity contribution in [1.82, 2.24) is 14.8 Å². The van der Waals surface area contributed by atoms with Crippen LogP contribution in [-0.2, 0) is 32.2 Å². The number of quaternary nitrogens is 1. The summed E-state index contributed by atoms with van der Waals surface area (Å²) in [4.78, 5) is 27.6. The molecule has 0 saturated heterocycles. The van der Waals surface area contributed by atoms with Gasteiger partial charge in [-0.2, -0.15) is 18.4 Å². The van der Waals surface area contributed by atoms with E-state index < -0.39 is 39.6 Å². The summed E-state index contributed by atoms with van der Waals surface area (Å²) in [6, 6.07) is 17.9. The van der Waals surface area contributed by atoms with E-state index >= 15 is 0 Å². The van der Waals surface area contributed by atoms with E-state index in [1.54, 1.807) is 31.2 Å². The van der Waals surface area contributed by atoms with E-state index in [0.29, 0.717) is 28.6 Å². The molecule has 0 spiro atoms. The number of ether oxygens (including phenoxy) is 1. The van der Waals surface area contributed by atoms with Crippen LogP contribution < -0.4 is 10.6 Å². The Bertz CT molecular complexity index is 2100.